The molecule has 1 saturated heterocycles. The van der Waals surface area contributed by atoms with Crippen molar-refractivity contribution in [3.63, 3.8) is 0 Å². The molecular formula is C29H29FN4O2. The van der Waals surface area contributed by atoms with Crippen LogP contribution in [0.4, 0.5) is 10.1 Å². The Bertz CT molecular complexity index is 1380. The number of halogens is 1. The average molecular weight is 485 g/mol. The van der Waals surface area contributed by atoms with Crippen molar-refractivity contribution >= 4 is 28.5 Å². The van der Waals surface area contributed by atoms with Gasteiger partial charge >= 0.3 is 0 Å². The largest absolute Gasteiger partial charge is 0.338 e. The Kier molecular flexibility index (Phi) is 6.55. The maximum Gasteiger partial charge on any atom is 0.247 e. The lowest BCUT2D eigenvalue weighted by molar-refractivity contribution is -0.128. The smallest absolute Gasteiger partial charge is 0.247 e. The van der Waals surface area contributed by atoms with E-state index in [9.17, 15) is 14.0 Å². The lowest BCUT2D eigenvalue weighted by Crippen LogP contribution is -2.39. The minimum absolute atomic E-state index is 0.0163. The second-order valence-electron chi connectivity index (χ2n) is 9.54. The normalized spacial score (nSPS) is 15.7. The molecular weight excluding hydrogens is 455 g/mol. The van der Waals surface area contributed by atoms with E-state index in [-0.39, 0.29) is 36.1 Å². The molecule has 1 aliphatic heterocycles. The first-order valence-electron chi connectivity index (χ1n) is 12.2. The van der Waals surface area contributed by atoms with Crippen molar-refractivity contribution in [2.24, 2.45) is 0 Å². The van der Waals surface area contributed by atoms with Gasteiger partial charge < -0.3 is 14.4 Å². The van der Waals surface area contributed by atoms with Gasteiger partial charge in [-0.05, 0) is 55.8 Å². The number of nitrogens with zero attached hydrogens (tertiary/aromatic N) is 4. The minimum Gasteiger partial charge on any atom is -0.338 e. The summed E-state index contributed by atoms with van der Waals surface area (Å²) < 4.78 is 15.3. The van der Waals surface area contributed by atoms with Crippen molar-refractivity contribution in [1.29, 1.82) is 0 Å². The second-order valence-corrected chi connectivity index (χ2v) is 9.54. The third-order valence-corrected chi connectivity index (χ3v) is 6.66. The number of hydrogen-bond acceptors (Lipinski definition) is 3. The van der Waals surface area contributed by atoms with Gasteiger partial charge in [-0.15, -0.1) is 0 Å². The van der Waals surface area contributed by atoms with E-state index in [0.717, 1.165) is 28.1 Å². The lowest BCUT2D eigenvalue weighted by atomic mass is 10.1. The first-order chi connectivity index (χ1) is 17.4. The zero-order valence-corrected chi connectivity index (χ0v) is 20.5. The number of hydrogen-bond donors (Lipinski definition) is 0. The standard InChI is InChI=1S/C29H29FN4O2/c1-20(2)34(24-8-4-3-5-9-24)28(36)19-33-26-11-7-6-10-25(26)31-29(33)22-16-27(35)32(18-22)17-21-12-14-23(30)15-13-21/h3-15,20,22H,16-19H2,1-2H3. The van der Waals surface area contributed by atoms with Gasteiger partial charge in [-0.1, -0.05) is 42.5 Å². The van der Waals surface area contributed by atoms with E-state index in [0.29, 0.717) is 19.5 Å². The summed E-state index contributed by atoms with van der Waals surface area (Å²) in [7, 11) is 0. The first-order valence-corrected chi connectivity index (χ1v) is 12.2. The predicted octanol–water partition coefficient (Wildman–Crippen LogP) is 5.13. The number of fused-ring (bicyclic) bond motifs is 1. The fourth-order valence-corrected chi connectivity index (χ4v) is 5.01. The summed E-state index contributed by atoms with van der Waals surface area (Å²) in [4.78, 5) is 35.0. The van der Waals surface area contributed by atoms with Crippen LogP contribution in [-0.4, -0.2) is 38.9 Å². The molecule has 2 amide bonds. The highest BCUT2D eigenvalue weighted by Crippen LogP contribution is 2.32. The van der Waals surface area contributed by atoms with E-state index in [1.165, 1.54) is 12.1 Å². The van der Waals surface area contributed by atoms with Crippen molar-refractivity contribution in [2.75, 3.05) is 11.4 Å². The first kappa shape index (κ1) is 23.7. The van der Waals surface area contributed by atoms with Crippen molar-refractivity contribution in [2.45, 2.75) is 45.3 Å². The molecule has 6 nitrogen and oxygen atoms in total. The fraction of sp³-hybridized carbons (Fsp3) is 0.276. The van der Waals surface area contributed by atoms with E-state index in [1.54, 1.807) is 21.9 Å². The summed E-state index contributed by atoms with van der Waals surface area (Å²) in [6, 6.07) is 23.6. The number of aromatic nitrogens is 2. The highest BCUT2D eigenvalue weighted by atomic mass is 19.1. The van der Waals surface area contributed by atoms with Crippen molar-refractivity contribution < 1.29 is 14.0 Å². The summed E-state index contributed by atoms with van der Waals surface area (Å²) in [6.45, 7) is 5.05. The summed E-state index contributed by atoms with van der Waals surface area (Å²) >= 11 is 0. The third-order valence-electron chi connectivity index (χ3n) is 6.66. The highest BCUT2D eigenvalue weighted by molar-refractivity contribution is 5.94. The van der Waals surface area contributed by atoms with Gasteiger partial charge in [-0.25, -0.2) is 9.37 Å². The Morgan fingerprint density at radius 3 is 2.44 bits per heavy atom. The summed E-state index contributed by atoms with van der Waals surface area (Å²) in [5.41, 5.74) is 3.41. The van der Waals surface area contributed by atoms with Gasteiger partial charge in [0.1, 0.15) is 18.2 Å². The minimum atomic E-state index is -0.297. The molecule has 0 bridgehead atoms. The van der Waals surface area contributed by atoms with Crippen LogP contribution in [0.25, 0.3) is 11.0 Å². The van der Waals surface area contributed by atoms with Gasteiger partial charge in [0.25, 0.3) is 0 Å². The van der Waals surface area contributed by atoms with Crippen LogP contribution in [0.5, 0.6) is 0 Å². The number of amides is 2. The number of imidazole rings is 1. The Labute approximate surface area is 210 Å². The number of para-hydroxylation sites is 3. The fourth-order valence-electron chi connectivity index (χ4n) is 5.01. The molecule has 5 rings (SSSR count). The summed E-state index contributed by atoms with van der Waals surface area (Å²) in [6.07, 6.45) is 0.325. The highest BCUT2D eigenvalue weighted by Gasteiger charge is 2.34. The molecule has 4 aromatic rings. The number of rotatable bonds is 7. The zero-order valence-electron chi connectivity index (χ0n) is 20.5. The average Bonchev–Trinajstić information content (AvgIpc) is 3.41. The number of anilines is 1. The maximum absolute atomic E-state index is 13.6. The van der Waals surface area contributed by atoms with Crippen LogP contribution in [0.15, 0.2) is 78.9 Å². The molecule has 1 aromatic heterocycles. The van der Waals surface area contributed by atoms with Gasteiger partial charge in [-0.2, -0.15) is 0 Å². The molecule has 3 aromatic carbocycles. The molecule has 1 unspecified atom stereocenters. The van der Waals surface area contributed by atoms with Gasteiger partial charge in [0, 0.05) is 37.2 Å². The maximum atomic E-state index is 13.6. The van der Waals surface area contributed by atoms with Gasteiger partial charge in [0.05, 0.1) is 11.0 Å². The monoisotopic (exact) mass is 484 g/mol. The van der Waals surface area contributed by atoms with Crippen LogP contribution in [-0.2, 0) is 22.7 Å². The van der Waals surface area contributed by atoms with Crippen molar-refractivity contribution in [3.8, 4) is 0 Å². The predicted molar refractivity (Wildman–Crippen MR) is 138 cm³/mol. The Hall–Kier alpha value is -4.00. The molecule has 1 atom stereocenters. The van der Waals surface area contributed by atoms with E-state index >= 15 is 0 Å². The van der Waals surface area contributed by atoms with E-state index in [1.807, 2.05) is 73.0 Å². The molecule has 0 spiro atoms. The lowest BCUT2D eigenvalue weighted by Gasteiger charge is -2.27. The van der Waals surface area contributed by atoms with Gasteiger partial charge in [0.2, 0.25) is 11.8 Å². The Balaban J connectivity index is 1.44. The van der Waals surface area contributed by atoms with Crippen LogP contribution in [0.1, 0.15) is 37.6 Å². The van der Waals surface area contributed by atoms with Gasteiger partial charge in [-0.3, -0.25) is 9.59 Å². The molecule has 2 heterocycles. The van der Waals surface area contributed by atoms with Crippen LogP contribution >= 0.6 is 0 Å². The third kappa shape index (κ3) is 4.73. The number of carbonyl (C=O) groups is 2. The molecule has 1 aliphatic rings. The molecule has 0 aliphatic carbocycles. The van der Waals surface area contributed by atoms with Crippen LogP contribution in [0.3, 0.4) is 0 Å². The number of carbonyl (C=O) groups excluding carboxylic acids is 2. The van der Waals surface area contributed by atoms with E-state index in [2.05, 4.69) is 0 Å². The van der Waals surface area contributed by atoms with Crippen molar-refractivity contribution in [1.82, 2.24) is 14.5 Å². The van der Waals surface area contributed by atoms with Crippen LogP contribution in [0.2, 0.25) is 0 Å². The van der Waals surface area contributed by atoms with Crippen LogP contribution in [0, 0.1) is 5.82 Å². The van der Waals surface area contributed by atoms with E-state index in [4.69, 9.17) is 4.98 Å². The molecule has 184 valence electrons. The molecule has 0 N–H and O–H groups in total. The Morgan fingerprint density at radius 2 is 1.72 bits per heavy atom. The van der Waals surface area contributed by atoms with Crippen LogP contribution < -0.4 is 4.90 Å². The molecule has 36 heavy (non-hydrogen) atoms. The van der Waals surface area contributed by atoms with Gasteiger partial charge in [0.15, 0.2) is 0 Å². The number of likely N-dealkylation sites (tertiary alicyclic amines) is 1. The summed E-state index contributed by atoms with van der Waals surface area (Å²) in [5.74, 6) is 0.308. The molecule has 1 fully saturated rings. The van der Waals surface area contributed by atoms with E-state index < -0.39 is 0 Å². The SMILES string of the molecule is CC(C)N(C(=O)Cn1c(C2CC(=O)N(Cc3ccc(F)cc3)C2)nc2ccccc21)c1ccccc1. The number of benzene rings is 3. The molecule has 7 heteroatoms. The quantitative estimate of drug-likeness (QED) is 0.365. The van der Waals surface area contributed by atoms with Crippen molar-refractivity contribution in [3.05, 3.63) is 96.1 Å². The topological polar surface area (TPSA) is 58.4 Å². The Morgan fingerprint density at radius 1 is 1.03 bits per heavy atom. The second kappa shape index (κ2) is 9.93. The molecule has 0 radical (unpaired) electrons. The summed E-state index contributed by atoms with van der Waals surface area (Å²) in [5, 5.41) is 0. The molecule has 0 saturated carbocycles. The zero-order chi connectivity index (χ0) is 25.2.